The van der Waals surface area contributed by atoms with Gasteiger partial charge in [-0.1, -0.05) is 54.6 Å². The Morgan fingerprint density at radius 2 is 1.43 bits per heavy atom. The van der Waals surface area contributed by atoms with Crippen molar-refractivity contribution in [3.8, 4) is 11.5 Å². The van der Waals surface area contributed by atoms with Crippen molar-refractivity contribution < 1.29 is 37.7 Å². The summed E-state index contributed by atoms with van der Waals surface area (Å²) < 4.78 is 35.2. The highest BCUT2D eigenvalue weighted by atomic mass is 19.1. The molecule has 5 rings (SSSR count). The Bertz CT molecular complexity index is 2040. The van der Waals surface area contributed by atoms with E-state index in [2.05, 4.69) is 10.3 Å². The van der Waals surface area contributed by atoms with Gasteiger partial charge in [0, 0.05) is 11.8 Å². The lowest BCUT2D eigenvalue weighted by atomic mass is 10.0. The number of hydrogen-bond acceptors (Lipinski definition) is 8. The molecule has 4 aromatic carbocycles. The largest absolute Gasteiger partial charge is 0.497 e. The zero-order chi connectivity index (χ0) is 36.5. The van der Waals surface area contributed by atoms with Crippen LogP contribution in [0.15, 0.2) is 97.1 Å². The van der Waals surface area contributed by atoms with E-state index < -0.39 is 23.9 Å². The van der Waals surface area contributed by atoms with Crippen LogP contribution in [0.25, 0.3) is 23.1 Å². The van der Waals surface area contributed by atoms with Gasteiger partial charge in [0.25, 0.3) is 5.91 Å². The summed E-state index contributed by atoms with van der Waals surface area (Å²) in [5, 5.41) is 3.18. The minimum absolute atomic E-state index is 0.0255. The number of ether oxygens (including phenoxy) is 4. The first-order valence-corrected chi connectivity index (χ1v) is 16.3. The number of amides is 1. The molecule has 10 heteroatoms. The van der Waals surface area contributed by atoms with Crippen molar-refractivity contribution in [3.05, 3.63) is 136 Å². The first-order chi connectivity index (χ1) is 24.4. The normalized spacial score (nSPS) is 12.0. The molecule has 0 aliphatic carbocycles. The maximum Gasteiger partial charge on any atom is 0.339 e. The number of esters is 2. The van der Waals surface area contributed by atoms with Gasteiger partial charge in [-0.15, -0.1) is 0 Å². The van der Waals surface area contributed by atoms with Crippen molar-refractivity contribution in [2.45, 2.75) is 45.4 Å². The molecular weight excluding hydrogens is 651 g/mol. The number of carbonyl (C=O) groups excluding carboxylic acids is 3. The highest BCUT2D eigenvalue weighted by molar-refractivity contribution is 6.07. The third-order valence-corrected chi connectivity index (χ3v) is 7.73. The molecule has 0 saturated carbocycles. The number of aromatic nitrogens is 1. The summed E-state index contributed by atoms with van der Waals surface area (Å²) in [5.41, 5.74) is 3.04. The van der Waals surface area contributed by atoms with E-state index in [0.717, 1.165) is 22.3 Å². The molecule has 51 heavy (non-hydrogen) atoms. The van der Waals surface area contributed by atoms with Crippen LogP contribution >= 0.6 is 0 Å². The van der Waals surface area contributed by atoms with Crippen LogP contribution in [-0.2, 0) is 27.3 Å². The molecule has 5 aromatic rings. The number of halogens is 1. The maximum absolute atomic E-state index is 13.7. The lowest BCUT2D eigenvalue weighted by Crippen LogP contribution is -2.43. The van der Waals surface area contributed by atoms with E-state index >= 15 is 0 Å². The van der Waals surface area contributed by atoms with Crippen LogP contribution in [0.2, 0.25) is 0 Å². The number of benzene rings is 4. The first-order valence-electron chi connectivity index (χ1n) is 16.3. The zero-order valence-corrected chi connectivity index (χ0v) is 29.1. The molecule has 0 saturated heterocycles. The Morgan fingerprint density at radius 1 is 0.804 bits per heavy atom. The summed E-state index contributed by atoms with van der Waals surface area (Å²) >= 11 is 0. The molecule has 0 aliphatic rings. The molecule has 0 bridgehead atoms. The van der Waals surface area contributed by atoms with Gasteiger partial charge in [0.1, 0.15) is 41.3 Å². The second-order valence-corrected chi connectivity index (χ2v) is 12.8. The van der Waals surface area contributed by atoms with E-state index in [9.17, 15) is 18.8 Å². The van der Waals surface area contributed by atoms with Gasteiger partial charge in [-0.2, -0.15) is 0 Å². The molecular formula is C41H39FN2O7. The summed E-state index contributed by atoms with van der Waals surface area (Å²) in [4.78, 5) is 44.7. The third kappa shape index (κ3) is 10.0. The number of hydrogen-bond donors (Lipinski definition) is 1. The fourth-order valence-corrected chi connectivity index (χ4v) is 5.20. The Labute approximate surface area is 296 Å². The minimum Gasteiger partial charge on any atom is -0.497 e. The molecule has 1 aromatic heterocycles. The number of pyridine rings is 1. The molecule has 9 nitrogen and oxygen atoms in total. The number of rotatable bonds is 12. The van der Waals surface area contributed by atoms with Gasteiger partial charge in [0.2, 0.25) is 0 Å². The van der Waals surface area contributed by atoms with Crippen molar-refractivity contribution in [1.82, 2.24) is 10.3 Å². The highest BCUT2D eigenvalue weighted by Crippen LogP contribution is 2.24. The summed E-state index contributed by atoms with van der Waals surface area (Å²) in [7, 11) is 2.81. The first kappa shape index (κ1) is 36.3. The lowest BCUT2D eigenvalue weighted by molar-refractivity contribution is -0.142. The van der Waals surface area contributed by atoms with E-state index in [1.165, 1.54) is 25.3 Å². The Morgan fingerprint density at radius 3 is 2.08 bits per heavy atom. The summed E-state index contributed by atoms with van der Waals surface area (Å²) in [6.07, 6.45) is 3.78. The minimum atomic E-state index is -1.04. The molecule has 1 amide bonds. The maximum atomic E-state index is 13.7. The molecule has 1 atom stereocenters. The van der Waals surface area contributed by atoms with Gasteiger partial charge in [0.05, 0.1) is 25.3 Å². The molecule has 1 heterocycles. The molecule has 0 unspecified atom stereocenters. The van der Waals surface area contributed by atoms with Crippen LogP contribution in [0.3, 0.4) is 0 Å². The number of carbonyl (C=O) groups is 3. The Hall–Kier alpha value is -6.03. The Balaban J connectivity index is 1.43. The smallest absolute Gasteiger partial charge is 0.339 e. The standard InChI is InChI=1S/C41H39FN2O7/c1-41(2,3)51-32-19-10-28(11-20-32)23-37(40(47)49-5)44-38(45)36-24-34(39(46)50-25-29-12-17-31(48-4)18-13-29)33-22-27(14-21-35(33)43-36)7-6-26-8-15-30(42)16-9-26/h6-22,24,37H,23,25H2,1-5H3,(H,44,45)/b7-6+/t37-/m0/s1. The zero-order valence-electron chi connectivity index (χ0n) is 29.1. The summed E-state index contributed by atoms with van der Waals surface area (Å²) in [6.45, 7) is 5.82. The predicted octanol–water partition coefficient (Wildman–Crippen LogP) is 7.60. The number of fused-ring (bicyclic) bond motifs is 1. The van der Waals surface area contributed by atoms with Gasteiger partial charge < -0.3 is 24.3 Å². The lowest BCUT2D eigenvalue weighted by Gasteiger charge is -2.21. The quantitative estimate of drug-likeness (QED) is 0.105. The SMILES string of the molecule is COC(=O)[C@H](Cc1ccc(OC(C)(C)C)cc1)NC(=O)c1cc(C(=O)OCc2ccc(OC)cc2)c2cc(/C=C/c3ccc(F)cc3)ccc2n1. The van der Waals surface area contributed by atoms with Crippen LogP contribution in [0.4, 0.5) is 4.39 Å². The van der Waals surface area contributed by atoms with E-state index in [-0.39, 0.29) is 35.7 Å². The fourth-order valence-electron chi connectivity index (χ4n) is 5.20. The van der Waals surface area contributed by atoms with Crippen molar-refractivity contribution in [1.29, 1.82) is 0 Å². The number of nitrogens with zero attached hydrogens (tertiary/aromatic N) is 1. The van der Waals surface area contributed by atoms with E-state index in [0.29, 0.717) is 22.4 Å². The van der Waals surface area contributed by atoms with Crippen LogP contribution in [0.1, 0.15) is 63.9 Å². The predicted molar refractivity (Wildman–Crippen MR) is 193 cm³/mol. The van der Waals surface area contributed by atoms with Gasteiger partial charge >= 0.3 is 11.9 Å². The average Bonchev–Trinajstić information content (AvgIpc) is 3.12. The third-order valence-electron chi connectivity index (χ3n) is 7.73. The van der Waals surface area contributed by atoms with Gasteiger partial charge in [-0.3, -0.25) is 4.79 Å². The van der Waals surface area contributed by atoms with Crippen molar-refractivity contribution in [2.75, 3.05) is 14.2 Å². The number of nitrogens with one attached hydrogen (secondary N) is 1. The van der Waals surface area contributed by atoms with Crippen LogP contribution in [0, 0.1) is 5.82 Å². The Kier molecular flexibility index (Phi) is 11.5. The average molecular weight is 691 g/mol. The highest BCUT2D eigenvalue weighted by Gasteiger charge is 2.25. The van der Waals surface area contributed by atoms with Crippen molar-refractivity contribution >= 4 is 40.9 Å². The second-order valence-electron chi connectivity index (χ2n) is 12.8. The van der Waals surface area contributed by atoms with Crippen molar-refractivity contribution in [3.63, 3.8) is 0 Å². The molecule has 0 fully saturated rings. The topological polar surface area (TPSA) is 113 Å². The molecule has 0 radical (unpaired) electrons. The summed E-state index contributed by atoms with van der Waals surface area (Å²) in [5.74, 6) is -0.987. The van der Waals surface area contributed by atoms with E-state index in [4.69, 9.17) is 18.9 Å². The van der Waals surface area contributed by atoms with Crippen LogP contribution < -0.4 is 14.8 Å². The second kappa shape index (κ2) is 16.1. The van der Waals surface area contributed by atoms with Gasteiger partial charge in [-0.05, 0) is 97.6 Å². The monoisotopic (exact) mass is 690 g/mol. The summed E-state index contributed by atoms with van der Waals surface area (Å²) in [6, 6.07) is 25.9. The van der Waals surface area contributed by atoms with Gasteiger partial charge in [0.15, 0.2) is 0 Å². The van der Waals surface area contributed by atoms with E-state index in [1.54, 1.807) is 73.8 Å². The van der Waals surface area contributed by atoms with Crippen LogP contribution in [0.5, 0.6) is 11.5 Å². The molecule has 0 aliphatic heterocycles. The number of methoxy groups -OCH3 is 2. The molecule has 0 spiro atoms. The molecule has 262 valence electrons. The van der Waals surface area contributed by atoms with E-state index in [1.807, 2.05) is 45.1 Å². The van der Waals surface area contributed by atoms with Crippen molar-refractivity contribution in [2.24, 2.45) is 0 Å². The fraction of sp³-hybridized carbons (Fsp3) is 0.220. The van der Waals surface area contributed by atoms with Gasteiger partial charge in [-0.25, -0.2) is 19.0 Å². The molecule has 1 N–H and O–H groups in total. The van der Waals surface area contributed by atoms with Crippen LogP contribution in [-0.4, -0.2) is 48.7 Å².